The topological polar surface area (TPSA) is 201 Å². The number of carbonyl (C=O) groups is 3. The summed E-state index contributed by atoms with van der Waals surface area (Å²) in [7, 11) is 1.85. The number of carboxylic acid groups (broad SMARTS) is 1. The molecule has 2 aromatic rings. The second-order valence-corrected chi connectivity index (χ2v) is 8.51. The first-order valence-corrected chi connectivity index (χ1v) is 11.7. The van der Waals surface area contributed by atoms with Crippen LogP contribution in [0.5, 0.6) is 0 Å². The molecule has 1 aliphatic heterocycles. The number of hydrogen-bond acceptors (Lipinski definition) is 11. The Morgan fingerprint density at radius 2 is 2.00 bits per heavy atom. The van der Waals surface area contributed by atoms with Gasteiger partial charge in [0, 0.05) is 37.0 Å². The lowest BCUT2D eigenvalue weighted by Crippen LogP contribution is -2.41. The summed E-state index contributed by atoms with van der Waals surface area (Å²) in [5, 5.41) is 17.3. The number of nitrogens with one attached hydrogen (secondary N) is 3. The summed E-state index contributed by atoms with van der Waals surface area (Å²) >= 11 is 4.00. The Hall–Kier alpha value is -3.91. The van der Waals surface area contributed by atoms with Crippen LogP contribution in [0.3, 0.4) is 0 Å². The lowest BCUT2D eigenvalue weighted by atomic mass is 10.1. The Kier molecular flexibility index (Phi) is 9.02. The number of carbonyl (C=O) groups excluding carboxylic acids is 2. The van der Waals surface area contributed by atoms with Crippen molar-refractivity contribution in [2.75, 3.05) is 29.6 Å². The average Bonchev–Trinajstić information content (AvgIpc) is 2.85. The van der Waals surface area contributed by atoms with Gasteiger partial charge in [-0.1, -0.05) is 0 Å². The van der Waals surface area contributed by atoms with E-state index in [2.05, 4.69) is 43.5 Å². The largest absolute Gasteiger partial charge is 0.480 e. The summed E-state index contributed by atoms with van der Waals surface area (Å²) in [5.74, 6) is -0.925. The van der Waals surface area contributed by atoms with Crippen LogP contribution in [0.25, 0.3) is 0 Å². The Labute approximate surface area is 213 Å². The molecular formula is C22H29N9O4S. The van der Waals surface area contributed by atoms with Crippen LogP contribution >= 0.6 is 12.6 Å². The zero-order valence-corrected chi connectivity index (χ0v) is 20.5. The van der Waals surface area contributed by atoms with Crippen LogP contribution < -0.4 is 32.3 Å². The first-order chi connectivity index (χ1) is 17.2. The number of aromatic nitrogens is 2. The Bertz CT molecular complexity index is 1140. The maximum Gasteiger partial charge on any atom is 0.326 e. The van der Waals surface area contributed by atoms with Crippen molar-refractivity contribution in [3.8, 4) is 0 Å². The van der Waals surface area contributed by atoms with Gasteiger partial charge in [-0.2, -0.15) is 12.6 Å². The first kappa shape index (κ1) is 26.7. The Morgan fingerprint density at radius 3 is 2.67 bits per heavy atom. The number of hydrogen-bond donors (Lipinski definition) is 7. The third-order valence-corrected chi connectivity index (χ3v) is 5.54. The maximum atomic E-state index is 12.6. The van der Waals surface area contributed by atoms with Crippen LogP contribution in [-0.2, 0) is 16.1 Å². The average molecular weight is 516 g/mol. The van der Waals surface area contributed by atoms with E-state index in [0.717, 1.165) is 5.69 Å². The quantitative estimate of drug-likeness (QED) is 0.197. The standard InChI is InChI=1S/C22H29N9O4S/c1-31(11-13-10-26-19-17(27-13)18(23)29-22(24)30-19)14-4-2-12(3-5-14)20(33)28-15(21(34)35)6-7-16(32)25-8-9-36/h2-5,10,15,18,36H,6-9,11,23H2,1H3,(H,25,32)(H,28,33)(H,34,35)(H3,24,26,29,30)/t15-,18?/m0/s1. The smallest absolute Gasteiger partial charge is 0.326 e. The van der Waals surface area contributed by atoms with Gasteiger partial charge in [-0.25, -0.2) is 19.8 Å². The van der Waals surface area contributed by atoms with Crippen LogP contribution in [0, 0.1) is 0 Å². The molecule has 0 fully saturated rings. The van der Waals surface area contributed by atoms with Gasteiger partial charge in [0.15, 0.2) is 11.8 Å². The molecule has 2 amide bonds. The molecule has 1 aromatic carbocycles. The molecule has 13 nitrogen and oxygen atoms in total. The molecule has 0 saturated carbocycles. The molecule has 0 bridgehead atoms. The lowest BCUT2D eigenvalue weighted by molar-refractivity contribution is -0.139. The van der Waals surface area contributed by atoms with Crippen LogP contribution in [0.15, 0.2) is 35.5 Å². The molecule has 2 atom stereocenters. The molecule has 2 heterocycles. The molecular weight excluding hydrogens is 486 g/mol. The summed E-state index contributed by atoms with van der Waals surface area (Å²) in [4.78, 5) is 50.6. The molecule has 192 valence electrons. The molecule has 0 saturated heterocycles. The van der Waals surface area contributed by atoms with Gasteiger partial charge in [0.25, 0.3) is 5.91 Å². The zero-order chi connectivity index (χ0) is 26.2. The number of nitrogens with two attached hydrogens (primary N) is 2. The Morgan fingerprint density at radius 1 is 1.28 bits per heavy atom. The maximum absolute atomic E-state index is 12.6. The summed E-state index contributed by atoms with van der Waals surface area (Å²) < 4.78 is 0. The van der Waals surface area contributed by atoms with E-state index >= 15 is 0 Å². The highest BCUT2D eigenvalue weighted by molar-refractivity contribution is 7.80. The van der Waals surface area contributed by atoms with Crippen molar-refractivity contribution in [2.45, 2.75) is 31.6 Å². The lowest BCUT2D eigenvalue weighted by Gasteiger charge is -2.22. The molecule has 8 N–H and O–H groups in total. The fourth-order valence-corrected chi connectivity index (χ4v) is 3.56. The van der Waals surface area contributed by atoms with Crippen molar-refractivity contribution < 1.29 is 19.5 Å². The van der Waals surface area contributed by atoms with E-state index in [4.69, 9.17) is 11.5 Å². The normalized spacial score (nSPS) is 15.1. The van der Waals surface area contributed by atoms with Crippen LogP contribution in [0.2, 0.25) is 0 Å². The minimum Gasteiger partial charge on any atom is -0.480 e. The predicted molar refractivity (Wildman–Crippen MR) is 138 cm³/mol. The SMILES string of the molecule is CN(Cc1cnc2c(n1)C(N)N=C(N)N2)c1ccc(C(=O)N[C@@H](CCC(=O)NCCS)C(=O)O)cc1. The number of aliphatic carboxylic acids is 1. The van der Waals surface area contributed by atoms with Gasteiger partial charge in [0.05, 0.1) is 18.4 Å². The third kappa shape index (κ3) is 7.05. The van der Waals surface area contributed by atoms with E-state index in [9.17, 15) is 19.5 Å². The highest BCUT2D eigenvalue weighted by Gasteiger charge is 2.22. The van der Waals surface area contributed by atoms with Crippen molar-refractivity contribution in [2.24, 2.45) is 16.5 Å². The van der Waals surface area contributed by atoms with Gasteiger partial charge < -0.3 is 37.4 Å². The molecule has 36 heavy (non-hydrogen) atoms. The second kappa shape index (κ2) is 12.2. The minimum absolute atomic E-state index is 0.0267. The van der Waals surface area contributed by atoms with Gasteiger partial charge in [0.2, 0.25) is 5.91 Å². The number of thiol groups is 1. The van der Waals surface area contributed by atoms with Crippen LogP contribution in [0.1, 0.15) is 40.8 Å². The minimum atomic E-state index is -1.21. The number of anilines is 2. The number of benzene rings is 1. The molecule has 0 radical (unpaired) electrons. The van der Waals surface area contributed by atoms with E-state index in [0.29, 0.717) is 41.6 Å². The van der Waals surface area contributed by atoms with Gasteiger partial charge >= 0.3 is 5.97 Å². The molecule has 3 rings (SSSR count). The monoisotopic (exact) mass is 515 g/mol. The predicted octanol–water partition coefficient (Wildman–Crippen LogP) is -0.180. The Balaban J connectivity index is 1.59. The van der Waals surface area contributed by atoms with Crippen molar-refractivity contribution in [1.29, 1.82) is 0 Å². The van der Waals surface area contributed by atoms with Crippen molar-refractivity contribution in [1.82, 2.24) is 20.6 Å². The highest BCUT2D eigenvalue weighted by Crippen LogP contribution is 2.23. The number of nitrogens with zero attached hydrogens (tertiary/aromatic N) is 4. The summed E-state index contributed by atoms with van der Waals surface area (Å²) in [6.07, 6.45) is 0.856. The number of fused-ring (bicyclic) bond motifs is 1. The van der Waals surface area contributed by atoms with E-state index in [1.807, 2.05) is 11.9 Å². The molecule has 1 aliphatic rings. The van der Waals surface area contributed by atoms with E-state index < -0.39 is 24.1 Å². The number of amides is 2. The fraction of sp³-hybridized carbons (Fsp3) is 0.364. The van der Waals surface area contributed by atoms with Gasteiger partial charge in [0.1, 0.15) is 17.9 Å². The van der Waals surface area contributed by atoms with Gasteiger partial charge in [-0.3, -0.25) is 9.59 Å². The number of rotatable bonds is 11. The van der Waals surface area contributed by atoms with Gasteiger partial charge in [-0.05, 0) is 30.7 Å². The zero-order valence-electron chi connectivity index (χ0n) is 19.6. The number of guanidine groups is 1. The van der Waals surface area contributed by atoms with Gasteiger partial charge in [-0.15, -0.1) is 0 Å². The first-order valence-electron chi connectivity index (χ1n) is 11.1. The number of aliphatic imine (C=N–C) groups is 1. The fourth-order valence-electron chi connectivity index (χ4n) is 3.44. The van der Waals surface area contributed by atoms with E-state index in [1.165, 1.54) is 0 Å². The van der Waals surface area contributed by atoms with Crippen LogP contribution in [0.4, 0.5) is 11.5 Å². The molecule has 1 unspecified atom stereocenters. The molecule has 1 aromatic heterocycles. The summed E-state index contributed by atoms with van der Waals surface area (Å²) in [6, 6.07) is 5.47. The third-order valence-electron chi connectivity index (χ3n) is 5.32. The molecule has 0 spiro atoms. The summed E-state index contributed by atoms with van der Waals surface area (Å²) in [5.41, 5.74) is 13.9. The second-order valence-electron chi connectivity index (χ2n) is 8.06. The molecule has 14 heteroatoms. The van der Waals surface area contributed by atoms with E-state index in [-0.39, 0.29) is 24.7 Å². The van der Waals surface area contributed by atoms with Crippen molar-refractivity contribution in [3.05, 3.63) is 47.4 Å². The summed E-state index contributed by atoms with van der Waals surface area (Å²) in [6.45, 7) is 0.800. The number of carboxylic acids is 1. The van der Waals surface area contributed by atoms with Crippen molar-refractivity contribution >= 4 is 47.9 Å². The van der Waals surface area contributed by atoms with E-state index in [1.54, 1.807) is 30.5 Å². The van der Waals surface area contributed by atoms with Crippen LogP contribution in [-0.4, -0.2) is 64.2 Å². The highest BCUT2D eigenvalue weighted by atomic mass is 32.1. The van der Waals surface area contributed by atoms with Crippen molar-refractivity contribution in [3.63, 3.8) is 0 Å². The molecule has 0 aliphatic carbocycles.